The Morgan fingerprint density at radius 1 is 1.00 bits per heavy atom. The quantitative estimate of drug-likeness (QED) is 0.883. The molecule has 0 radical (unpaired) electrons. The molecular weight excluding hydrogens is 315 g/mol. The largest absolute Gasteiger partial charge is 0.349 e. The molecule has 1 saturated carbocycles. The van der Waals surface area contributed by atoms with Gasteiger partial charge in [-0.3, -0.25) is 4.79 Å². The lowest BCUT2D eigenvalue weighted by atomic mass is 9.91. The number of nitrogens with two attached hydrogens (primary N) is 1. The first-order chi connectivity index (χ1) is 11.9. The lowest BCUT2D eigenvalue weighted by Crippen LogP contribution is -2.40. The van der Waals surface area contributed by atoms with Crippen LogP contribution in [0.5, 0.6) is 0 Å². The molecule has 0 saturated heterocycles. The monoisotopic (exact) mass is 340 g/mol. The van der Waals surface area contributed by atoms with Gasteiger partial charge >= 0.3 is 0 Å². The molecule has 2 aromatic carbocycles. The van der Waals surface area contributed by atoms with E-state index < -0.39 is 5.82 Å². The van der Waals surface area contributed by atoms with Crippen molar-refractivity contribution in [3.63, 3.8) is 0 Å². The molecule has 3 nitrogen and oxygen atoms in total. The molecule has 25 heavy (non-hydrogen) atoms. The fourth-order valence-corrected chi connectivity index (χ4v) is 3.33. The Kier molecular flexibility index (Phi) is 5.19. The van der Waals surface area contributed by atoms with Crippen LogP contribution in [0, 0.1) is 19.7 Å². The van der Waals surface area contributed by atoms with E-state index in [0.29, 0.717) is 0 Å². The Morgan fingerprint density at radius 3 is 2.28 bits per heavy atom. The first kappa shape index (κ1) is 17.6. The van der Waals surface area contributed by atoms with E-state index in [-0.39, 0.29) is 23.6 Å². The highest BCUT2D eigenvalue weighted by Gasteiger charge is 2.22. The molecule has 1 aliphatic carbocycles. The van der Waals surface area contributed by atoms with Gasteiger partial charge in [0.15, 0.2) is 0 Å². The van der Waals surface area contributed by atoms with Crippen molar-refractivity contribution in [2.75, 3.05) is 0 Å². The van der Waals surface area contributed by atoms with E-state index in [1.54, 1.807) is 12.1 Å². The van der Waals surface area contributed by atoms with Gasteiger partial charge in [0.2, 0.25) is 0 Å². The fraction of sp³-hybridized carbons (Fsp3) is 0.381. The van der Waals surface area contributed by atoms with Crippen LogP contribution in [0.25, 0.3) is 11.1 Å². The van der Waals surface area contributed by atoms with Crippen LogP contribution in [0.1, 0.15) is 47.2 Å². The number of hydrogen-bond donors (Lipinski definition) is 2. The van der Waals surface area contributed by atoms with Gasteiger partial charge in [0.05, 0.1) is 5.56 Å². The molecule has 4 heteroatoms. The summed E-state index contributed by atoms with van der Waals surface area (Å²) in [4.78, 5) is 12.4. The van der Waals surface area contributed by atoms with Gasteiger partial charge in [0, 0.05) is 12.1 Å². The van der Waals surface area contributed by atoms with E-state index in [1.165, 1.54) is 11.6 Å². The highest BCUT2D eigenvalue weighted by atomic mass is 19.1. The summed E-state index contributed by atoms with van der Waals surface area (Å²) in [5.74, 6) is -0.828. The Hall–Kier alpha value is -2.20. The van der Waals surface area contributed by atoms with Gasteiger partial charge < -0.3 is 11.1 Å². The van der Waals surface area contributed by atoms with Crippen molar-refractivity contribution in [1.82, 2.24) is 5.32 Å². The molecule has 1 fully saturated rings. The minimum absolute atomic E-state index is 0.0890. The number of carbonyl (C=O) groups excluding carboxylic acids is 1. The van der Waals surface area contributed by atoms with Crippen LogP contribution in [0.15, 0.2) is 36.4 Å². The van der Waals surface area contributed by atoms with E-state index in [4.69, 9.17) is 5.73 Å². The zero-order chi connectivity index (χ0) is 18.0. The third-order valence-corrected chi connectivity index (χ3v) is 5.16. The van der Waals surface area contributed by atoms with Gasteiger partial charge in [-0.05, 0) is 73.9 Å². The summed E-state index contributed by atoms with van der Waals surface area (Å²) in [5.41, 5.74) is 10.1. The molecule has 0 aromatic heterocycles. The first-order valence-corrected chi connectivity index (χ1v) is 8.87. The van der Waals surface area contributed by atoms with Crippen LogP contribution < -0.4 is 11.1 Å². The number of carbonyl (C=O) groups is 1. The molecule has 1 amide bonds. The zero-order valence-electron chi connectivity index (χ0n) is 14.8. The summed E-state index contributed by atoms with van der Waals surface area (Å²) in [7, 11) is 0. The third-order valence-electron chi connectivity index (χ3n) is 5.16. The summed E-state index contributed by atoms with van der Waals surface area (Å²) in [6, 6.07) is 11.2. The van der Waals surface area contributed by atoms with E-state index in [2.05, 4.69) is 5.32 Å². The molecule has 1 aliphatic rings. The predicted octanol–water partition coefficient (Wildman–Crippen LogP) is 4.11. The predicted molar refractivity (Wildman–Crippen MR) is 99.0 cm³/mol. The SMILES string of the molecule is Cc1ccc(-c2ccc(C(=O)NC3CCC(N)CC3)c(F)c2)cc1C. The van der Waals surface area contributed by atoms with Crippen molar-refractivity contribution >= 4 is 5.91 Å². The van der Waals surface area contributed by atoms with E-state index in [0.717, 1.165) is 42.4 Å². The van der Waals surface area contributed by atoms with Crippen LogP contribution in [0.4, 0.5) is 4.39 Å². The summed E-state index contributed by atoms with van der Waals surface area (Å²) in [6.07, 6.45) is 3.52. The van der Waals surface area contributed by atoms with Crippen molar-refractivity contribution in [3.8, 4) is 11.1 Å². The van der Waals surface area contributed by atoms with Gasteiger partial charge in [-0.25, -0.2) is 4.39 Å². The Bertz CT molecular complexity index is 779. The Labute approximate surface area is 148 Å². The lowest BCUT2D eigenvalue weighted by Gasteiger charge is -2.26. The van der Waals surface area contributed by atoms with Crippen molar-refractivity contribution in [2.24, 2.45) is 5.73 Å². The van der Waals surface area contributed by atoms with E-state index >= 15 is 0 Å². The maximum Gasteiger partial charge on any atom is 0.254 e. The summed E-state index contributed by atoms with van der Waals surface area (Å²) < 4.78 is 14.5. The van der Waals surface area contributed by atoms with Crippen molar-refractivity contribution in [3.05, 3.63) is 58.9 Å². The molecule has 0 atom stereocenters. The van der Waals surface area contributed by atoms with Crippen molar-refractivity contribution in [1.29, 1.82) is 0 Å². The van der Waals surface area contributed by atoms with Gasteiger partial charge in [0.25, 0.3) is 5.91 Å². The normalized spacial score (nSPS) is 20.3. The lowest BCUT2D eigenvalue weighted by molar-refractivity contribution is 0.0922. The van der Waals surface area contributed by atoms with Crippen LogP contribution in [-0.4, -0.2) is 18.0 Å². The third kappa shape index (κ3) is 4.07. The number of rotatable bonds is 3. The van der Waals surface area contributed by atoms with Crippen LogP contribution in [0.2, 0.25) is 0 Å². The highest BCUT2D eigenvalue weighted by molar-refractivity contribution is 5.95. The molecule has 0 spiro atoms. The molecule has 0 bridgehead atoms. The van der Waals surface area contributed by atoms with Gasteiger partial charge in [-0.1, -0.05) is 24.3 Å². The molecule has 3 rings (SSSR count). The fourth-order valence-electron chi connectivity index (χ4n) is 3.33. The van der Waals surface area contributed by atoms with Gasteiger partial charge in [0.1, 0.15) is 5.82 Å². The summed E-state index contributed by atoms with van der Waals surface area (Å²) >= 11 is 0. The van der Waals surface area contributed by atoms with Gasteiger partial charge in [-0.15, -0.1) is 0 Å². The second-order valence-corrected chi connectivity index (χ2v) is 7.08. The average molecular weight is 340 g/mol. The molecule has 2 aromatic rings. The zero-order valence-corrected chi connectivity index (χ0v) is 14.8. The summed E-state index contributed by atoms with van der Waals surface area (Å²) in [6.45, 7) is 4.08. The smallest absolute Gasteiger partial charge is 0.254 e. The van der Waals surface area contributed by atoms with Crippen molar-refractivity contribution in [2.45, 2.75) is 51.6 Å². The topological polar surface area (TPSA) is 55.1 Å². The number of aryl methyl sites for hydroxylation is 2. The van der Waals surface area contributed by atoms with Gasteiger partial charge in [-0.2, -0.15) is 0 Å². The number of hydrogen-bond acceptors (Lipinski definition) is 2. The van der Waals surface area contributed by atoms with Crippen LogP contribution >= 0.6 is 0 Å². The molecule has 0 heterocycles. The number of benzene rings is 2. The second kappa shape index (κ2) is 7.36. The molecule has 0 unspecified atom stereocenters. The molecular formula is C21H25FN2O. The van der Waals surface area contributed by atoms with Crippen LogP contribution in [0.3, 0.4) is 0 Å². The minimum atomic E-state index is -0.485. The highest BCUT2D eigenvalue weighted by Crippen LogP contribution is 2.25. The second-order valence-electron chi connectivity index (χ2n) is 7.08. The maximum atomic E-state index is 14.5. The first-order valence-electron chi connectivity index (χ1n) is 8.87. The Balaban J connectivity index is 1.75. The summed E-state index contributed by atoms with van der Waals surface area (Å²) in [5, 5.41) is 2.94. The standard InChI is InChI=1S/C21H25FN2O/c1-13-3-4-15(11-14(13)2)16-5-10-19(20(22)12-16)21(25)24-18-8-6-17(23)7-9-18/h3-5,10-12,17-18H,6-9,23H2,1-2H3,(H,24,25). The molecule has 132 valence electrons. The number of halogens is 1. The molecule has 3 N–H and O–H groups in total. The Morgan fingerprint density at radius 2 is 1.64 bits per heavy atom. The minimum Gasteiger partial charge on any atom is -0.349 e. The van der Waals surface area contributed by atoms with E-state index in [1.807, 2.05) is 32.0 Å². The maximum absolute atomic E-state index is 14.5. The van der Waals surface area contributed by atoms with Crippen LogP contribution in [-0.2, 0) is 0 Å². The van der Waals surface area contributed by atoms with Crippen molar-refractivity contribution < 1.29 is 9.18 Å². The van der Waals surface area contributed by atoms with E-state index in [9.17, 15) is 9.18 Å². The molecule has 0 aliphatic heterocycles. The number of nitrogens with one attached hydrogen (secondary N) is 1. The number of amides is 1. The average Bonchev–Trinajstić information content (AvgIpc) is 2.59.